The standard InChI is InChI=1S/C24H24N2O8S/c1-4-32-20-11-16(8-9-19(20)33-14-17-6-5-7-18(10-17)26(30)31)12-21-23(28)25(24(29)35-21)13-22(27)34-15(2)3/h5-12,15H,4,13-14H2,1-3H3/b21-12+. The predicted molar refractivity (Wildman–Crippen MR) is 129 cm³/mol. The van der Waals surface area contributed by atoms with Crippen molar-refractivity contribution in [2.75, 3.05) is 13.2 Å². The zero-order valence-corrected chi connectivity index (χ0v) is 20.2. The third-order valence-corrected chi connectivity index (χ3v) is 5.52. The van der Waals surface area contributed by atoms with Crippen LogP contribution in [0.25, 0.3) is 6.08 Å². The summed E-state index contributed by atoms with van der Waals surface area (Å²) >= 11 is 0.736. The maximum atomic E-state index is 12.7. The molecule has 0 spiro atoms. The summed E-state index contributed by atoms with van der Waals surface area (Å²) in [5.74, 6) is -0.413. The number of carbonyl (C=O) groups is 3. The summed E-state index contributed by atoms with van der Waals surface area (Å²) in [4.78, 5) is 48.3. The molecule has 35 heavy (non-hydrogen) atoms. The van der Waals surface area contributed by atoms with Gasteiger partial charge in [-0.15, -0.1) is 0 Å². The van der Waals surface area contributed by atoms with Crippen molar-refractivity contribution in [2.45, 2.75) is 33.5 Å². The highest BCUT2D eigenvalue weighted by molar-refractivity contribution is 8.18. The van der Waals surface area contributed by atoms with E-state index in [1.54, 1.807) is 51.1 Å². The third-order valence-electron chi connectivity index (χ3n) is 4.61. The van der Waals surface area contributed by atoms with E-state index in [-0.39, 0.29) is 23.3 Å². The van der Waals surface area contributed by atoms with Gasteiger partial charge in [0.25, 0.3) is 16.8 Å². The summed E-state index contributed by atoms with van der Waals surface area (Å²) in [6.45, 7) is 5.16. The molecule has 2 aromatic rings. The van der Waals surface area contributed by atoms with E-state index in [1.165, 1.54) is 18.2 Å². The van der Waals surface area contributed by atoms with E-state index in [0.29, 0.717) is 29.2 Å². The zero-order valence-electron chi connectivity index (χ0n) is 19.4. The number of carbonyl (C=O) groups excluding carboxylic acids is 3. The Balaban J connectivity index is 1.75. The fraction of sp³-hybridized carbons (Fsp3) is 0.292. The van der Waals surface area contributed by atoms with Crippen LogP contribution in [-0.2, 0) is 20.9 Å². The number of ether oxygens (including phenoxy) is 3. The molecule has 184 valence electrons. The number of benzene rings is 2. The number of amides is 2. The summed E-state index contributed by atoms with van der Waals surface area (Å²) in [7, 11) is 0. The van der Waals surface area contributed by atoms with Crippen LogP contribution in [0.15, 0.2) is 47.4 Å². The summed E-state index contributed by atoms with van der Waals surface area (Å²) in [6, 6.07) is 11.1. The van der Waals surface area contributed by atoms with E-state index in [2.05, 4.69) is 0 Å². The molecule has 1 aliphatic heterocycles. The van der Waals surface area contributed by atoms with Gasteiger partial charge in [-0.2, -0.15) is 0 Å². The first kappa shape index (κ1) is 25.8. The van der Waals surface area contributed by atoms with Crippen LogP contribution in [0.5, 0.6) is 11.5 Å². The van der Waals surface area contributed by atoms with Crippen LogP contribution in [-0.4, -0.2) is 46.2 Å². The molecule has 3 rings (SSSR count). The van der Waals surface area contributed by atoms with Crippen LogP contribution < -0.4 is 9.47 Å². The lowest BCUT2D eigenvalue weighted by atomic mass is 10.1. The topological polar surface area (TPSA) is 125 Å². The number of nitro benzene ring substituents is 1. The molecule has 0 saturated carbocycles. The molecule has 0 bridgehead atoms. The Kier molecular flexibility index (Phi) is 8.48. The Bertz CT molecular complexity index is 1180. The fourth-order valence-corrected chi connectivity index (χ4v) is 3.98. The molecule has 0 unspecified atom stereocenters. The fourth-order valence-electron chi connectivity index (χ4n) is 3.14. The van der Waals surface area contributed by atoms with Gasteiger partial charge in [-0.3, -0.25) is 29.4 Å². The molecule has 10 nitrogen and oxygen atoms in total. The van der Waals surface area contributed by atoms with Crippen LogP contribution in [0.4, 0.5) is 10.5 Å². The number of hydrogen-bond donors (Lipinski definition) is 0. The Morgan fingerprint density at radius 1 is 1.14 bits per heavy atom. The average molecular weight is 501 g/mol. The summed E-state index contributed by atoms with van der Waals surface area (Å²) in [5, 5.41) is 10.4. The largest absolute Gasteiger partial charge is 0.490 e. The minimum absolute atomic E-state index is 0.0297. The zero-order chi connectivity index (χ0) is 25.5. The summed E-state index contributed by atoms with van der Waals surface area (Å²) in [6.07, 6.45) is 1.18. The molecule has 0 radical (unpaired) electrons. The van der Waals surface area contributed by atoms with E-state index in [4.69, 9.17) is 14.2 Å². The molecule has 2 aromatic carbocycles. The van der Waals surface area contributed by atoms with Crippen molar-refractivity contribution in [3.63, 3.8) is 0 Å². The second kappa shape index (κ2) is 11.5. The van der Waals surface area contributed by atoms with Crippen LogP contribution in [0.2, 0.25) is 0 Å². The van der Waals surface area contributed by atoms with Crippen molar-refractivity contribution in [3.8, 4) is 11.5 Å². The Morgan fingerprint density at radius 3 is 2.60 bits per heavy atom. The van der Waals surface area contributed by atoms with Gasteiger partial charge in [-0.05, 0) is 61.9 Å². The van der Waals surface area contributed by atoms with Crippen LogP contribution >= 0.6 is 11.8 Å². The van der Waals surface area contributed by atoms with E-state index in [0.717, 1.165) is 16.7 Å². The third kappa shape index (κ3) is 6.82. The van der Waals surface area contributed by atoms with E-state index < -0.39 is 28.6 Å². The predicted octanol–water partition coefficient (Wildman–Crippen LogP) is 4.56. The lowest BCUT2D eigenvalue weighted by Crippen LogP contribution is -2.35. The summed E-state index contributed by atoms with van der Waals surface area (Å²) < 4.78 is 16.5. The Labute approximate surface area is 206 Å². The van der Waals surface area contributed by atoms with E-state index >= 15 is 0 Å². The monoisotopic (exact) mass is 500 g/mol. The normalized spacial score (nSPS) is 14.5. The van der Waals surface area contributed by atoms with Gasteiger partial charge < -0.3 is 14.2 Å². The minimum atomic E-state index is -0.660. The van der Waals surface area contributed by atoms with Gasteiger partial charge >= 0.3 is 5.97 Å². The second-order valence-corrected chi connectivity index (χ2v) is 8.65. The minimum Gasteiger partial charge on any atom is -0.490 e. The van der Waals surface area contributed by atoms with Crippen LogP contribution in [0.3, 0.4) is 0 Å². The number of imide groups is 1. The van der Waals surface area contributed by atoms with E-state index in [1.807, 2.05) is 0 Å². The van der Waals surface area contributed by atoms with Crippen molar-refractivity contribution >= 4 is 40.6 Å². The number of hydrogen-bond acceptors (Lipinski definition) is 9. The molecule has 0 atom stereocenters. The molecular formula is C24H24N2O8S. The number of non-ortho nitro benzene ring substituents is 1. The van der Waals surface area contributed by atoms with Gasteiger partial charge in [-0.1, -0.05) is 18.2 Å². The lowest BCUT2D eigenvalue weighted by molar-refractivity contribution is -0.384. The smallest absolute Gasteiger partial charge is 0.326 e. The van der Waals surface area contributed by atoms with Crippen molar-refractivity contribution in [3.05, 3.63) is 68.6 Å². The maximum absolute atomic E-state index is 12.7. The van der Waals surface area contributed by atoms with E-state index in [9.17, 15) is 24.5 Å². The van der Waals surface area contributed by atoms with Gasteiger partial charge in [0.1, 0.15) is 13.2 Å². The lowest BCUT2D eigenvalue weighted by Gasteiger charge is -2.13. The van der Waals surface area contributed by atoms with Crippen molar-refractivity contribution in [1.29, 1.82) is 0 Å². The van der Waals surface area contributed by atoms with Gasteiger partial charge in [0.05, 0.1) is 22.5 Å². The maximum Gasteiger partial charge on any atom is 0.326 e. The first-order valence-corrected chi connectivity index (χ1v) is 11.6. The molecule has 1 fully saturated rings. The van der Waals surface area contributed by atoms with Crippen molar-refractivity contribution < 1.29 is 33.5 Å². The molecule has 0 aliphatic carbocycles. The quantitative estimate of drug-likeness (QED) is 0.200. The van der Waals surface area contributed by atoms with Crippen molar-refractivity contribution in [1.82, 2.24) is 4.90 Å². The summed E-state index contributed by atoms with van der Waals surface area (Å²) in [5.41, 5.74) is 1.18. The SMILES string of the molecule is CCOc1cc(/C=C2/SC(=O)N(CC(=O)OC(C)C)C2=O)ccc1OCc1cccc([N+](=O)[O-])c1. The van der Waals surface area contributed by atoms with Gasteiger partial charge in [0.15, 0.2) is 11.5 Å². The highest BCUT2D eigenvalue weighted by atomic mass is 32.2. The number of esters is 1. The second-order valence-electron chi connectivity index (χ2n) is 7.66. The number of nitro groups is 1. The number of thioether (sulfide) groups is 1. The highest BCUT2D eigenvalue weighted by Gasteiger charge is 2.36. The van der Waals surface area contributed by atoms with Gasteiger partial charge in [0.2, 0.25) is 0 Å². The molecule has 1 aliphatic rings. The number of rotatable bonds is 10. The highest BCUT2D eigenvalue weighted by Crippen LogP contribution is 2.35. The van der Waals surface area contributed by atoms with Crippen LogP contribution in [0, 0.1) is 10.1 Å². The Hall–Kier alpha value is -3.86. The molecule has 2 amide bonds. The van der Waals surface area contributed by atoms with Crippen LogP contribution in [0.1, 0.15) is 31.9 Å². The van der Waals surface area contributed by atoms with Gasteiger partial charge in [0, 0.05) is 12.1 Å². The van der Waals surface area contributed by atoms with Gasteiger partial charge in [-0.25, -0.2) is 0 Å². The molecular weight excluding hydrogens is 476 g/mol. The molecule has 11 heteroatoms. The molecule has 0 N–H and O–H groups in total. The average Bonchev–Trinajstić information content (AvgIpc) is 3.05. The first-order valence-electron chi connectivity index (χ1n) is 10.8. The molecule has 1 heterocycles. The first-order chi connectivity index (χ1) is 16.7. The molecule has 0 aromatic heterocycles. The molecule has 1 saturated heterocycles. The van der Waals surface area contributed by atoms with Crippen molar-refractivity contribution in [2.24, 2.45) is 0 Å². The Morgan fingerprint density at radius 2 is 1.91 bits per heavy atom. The number of nitrogens with zero attached hydrogens (tertiary/aromatic N) is 2.